The fourth-order valence-corrected chi connectivity index (χ4v) is 15.8. The molecule has 2 aliphatic heterocycles. The van der Waals surface area contributed by atoms with E-state index >= 15 is 0 Å². The zero-order chi connectivity index (χ0) is 37.2. The van der Waals surface area contributed by atoms with Gasteiger partial charge < -0.3 is 23.3 Å². The van der Waals surface area contributed by atoms with Gasteiger partial charge in [-0.25, -0.2) is 0 Å². The standard InChI is InChI=1S/C43H64BNO4Si2/c1-27(2)50(13,28(3)4)33-18-20-35-36-21-19-34(51(14,29(5)6)30(7)8)26-39(36)45(38(35)25-33)40-24-31(9)23-37(44-48-32(10)43(11,12)49-44)42(40)47-41-17-15-16-22-46-41/h18-21,23-30,32,41H,15-17,22H2,1-14H3. The fourth-order valence-electron chi connectivity index (χ4n) is 8.69. The SMILES string of the molecule is Cc1cc(B2OC(C)C(C)(C)O2)c(OC2CCCCO2)c(-n2c3cc([Si](C)(C(C)C)C(C)C)ccc3c3ccc([Si](C)(C(C)C)C(C)C)cc32)c1. The second-order valence-electron chi connectivity index (χ2n) is 17.9. The number of nitrogens with zero attached hydrogens (tertiary/aromatic N) is 1. The van der Waals surface area contributed by atoms with Crippen LogP contribution in [0, 0.1) is 6.92 Å². The molecule has 5 nitrogen and oxygen atoms in total. The third kappa shape index (κ3) is 6.60. The molecule has 2 unspecified atom stereocenters. The lowest BCUT2D eigenvalue weighted by Crippen LogP contribution is -2.50. The second-order valence-corrected chi connectivity index (χ2v) is 28.8. The molecule has 2 aliphatic rings. The lowest BCUT2D eigenvalue weighted by Gasteiger charge is -2.36. The molecule has 2 atom stereocenters. The van der Waals surface area contributed by atoms with Gasteiger partial charge in [-0.2, -0.15) is 0 Å². The summed E-state index contributed by atoms with van der Waals surface area (Å²) < 4.78 is 29.1. The molecule has 276 valence electrons. The number of rotatable bonds is 10. The Kier molecular flexibility index (Phi) is 10.6. The number of benzene rings is 3. The first kappa shape index (κ1) is 38.4. The molecule has 3 heterocycles. The van der Waals surface area contributed by atoms with Gasteiger partial charge in [0.1, 0.15) is 5.75 Å². The molecular weight excluding hydrogens is 661 g/mol. The molecule has 6 rings (SSSR count). The summed E-state index contributed by atoms with van der Waals surface area (Å²) in [6.07, 6.45) is 2.63. The van der Waals surface area contributed by atoms with Crippen LogP contribution in [0.1, 0.15) is 101 Å². The van der Waals surface area contributed by atoms with E-state index < -0.39 is 28.9 Å². The number of hydrogen-bond donors (Lipinski definition) is 0. The van der Waals surface area contributed by atoms with Gasteiger partial charge in [0.2, 0.25) is 0 Å². The minimum Gasteiger partial charge on any atom is -0.463 e. The Morgan fingerprint density at radius 2 is 1.31 bits per heavy atom. The molecule has 8 heteroatoms. The molecule has 0 aliphatic carbocycles. The normalized spacial score (nSPS) is 20.2. The van der Waals surface area contributed by atoms with Crippen molar-refractivity contribution in [3.8, 4) is 11.4 Å². The third-order valence-corrected chi connectivity index (χ3v) is 26.4. The van der Waals surface area contributed by atoms with Crippen molar-refractivity contribution in [3.63, 3.8) is 0 Å². The van der Waals surface area contributed by atoms with Gasteiger partial charge in [0.25, 0.3) is 0 Å². The first-order valence-corrected chi connectivity index (χ1v) is 25.1. The van der Waals surface area contributed by atoms with Crippen molar-refractivity contribution in [2.24, 2.45) is 0 Å². The molecule has 0 bridgehead atoms. The summed E-state index contributed by atoms with van der Waals surface area (Å²) in [6, 6.07) is 19.3. The summed E-state index contributed by atoms with van der Waals surface area (Å²) in [6.45, 7) is 33.8. The molecule has 3 aromatic carbocycles. The number of hydrogen-bond acceptors (Lipinski definition) is 4. The number of fused-ring (bicyclic) bond motifs is 3. The average molecular weight is 726 g/mol. The number of aromatic nitrogens is 1. The van der Waals surface area contributed by atoms with Gasteiger partial charge in [0, 0.05) is 22.7 Å². The van der Waals surface area contributed by atoms with Crippen LogP contribution < -0.4 is 20.6 Å². The Labute approximate surface area is 310 Å². The molecule has 1 aromatic heterocycles. The van der Waals surface area contributed by atoms with E-state index in [2.05, 4.69) is 149 Å². The smallest absolute Gasteiger partial charge is 0.463 e. The third-order valence-electron chi connectivity index (χ3n) is 13.7. The van der Waals surface area contributed by atoms with Crippen LogP contribution in [-0.4, -0.2) is 52.4 Å². The number of aryl methyl sites for hydroxylation is 1. The summed E-state index contributed by atoms with van der Waals surface area (Å²) in [5.41, 5.74) is 7.62. The summed E-state index contributed by atoms with van der Waals surface area (Å²) in [5, 5.41) is 5.59. The lowest BCUT2D eigenvalue weighted by atomic mass is 9.77. The highest BCUT2D eigenvalue weighted by Crippen LogP contribution is 2.40. The molecule has 0 spiro atoms. The van der Waals surface area contributed by atoms with Crippen molar-refractivity contribution in [2.45, 2.75) is 156 Å². The minimum absolute atomic E-state index is 0.0620. The van der Waals surface area contributed by atoms with E-state index in [-0.39, 0.29) is 12.4 Å². The summed E-state index contributed by atoms with van der Waals surface area (Å²) in [5.74, 6) is 0.803. The van der Waals surface area contributed by atoms with Crippen LogP contribution in [0.5, 0.6) is 5.75 Å². The van der Waals surface area contributed by atoms with Crippen molar-refractivity contribution >= 4 is 60.9 Å². The topological polar surface area (TPSA) is 41.9 Å². The zero-order valence-corrected chi connectivity index (χ0v) is 36.1. The largest absolute Gasteiger partial charge is 0.498 e. The van der Waals surface area contributed by atoms with Crippen molar-refractivity contribution < 1.29 is 18.8 Å². The van der Waals surface area contributed by atoms with Crippen LogP contribution in [0.25, 0.3) is 27.5 Å². The molecular formula is C43H64BNO4Si2. The van der Waals surface area contributed by atoms with Gasteiger partial charge in [0.05, 0.1) is 51.2 Å². The van der Waals surface area contributed by atoms with E-state index in [9.17, 15) is 0 Å². The molecule has 0 saturated carbocycles. The van der Waals surface area contributed by atoms with Crippen LogP contribution in [-0.2, 0) is 14.0 Å². The van der Waals surface area contributed by atoms with E-state index in [1.54, 1.807) is 0 Å². The molecule has 0 amide bonds. The molecule has 2 fully saturated rings. The van der Waals surface area contributed by atoms with Crippen LogP contribution in [0.4, 0.5) is 0 Å². The fraction of sp³-hybridized carbons (Fsp3) is 0.581. The maximum Gasteiger partial charge on any atom is 0.498 e. The highest BCUT2D eigenvalue weighted by Gasteiger charge is 2.46. The summed E-state index contributed by atoms with van der Waals surface area (Å²) in [7, 11) is -4.25. The van der Waals surface area contributed by atoms with Crippen molar-refractivity contribution in [1.29, 1.82) is 0 Å². The van der Waals surface area contributed by atoms with E-state index in [1.165, 1.54) is 32.2 Å². The Balaban J connectivity index is 1.72. The minimum atomic E-state index is -1.85. The van der Waals surface area contributed by atoms with Gasteiger partial charge in [-0.1, -0.05) is 109 Å². The predicted octanol–water partition coefficient (Wildman–Crippen LogP) is 10.1. The maximum atomic E-state index is 7.07. The monoisotopic (exact) mass is 725 g/mol. The first-order chi connectivity index (χ1) is 23.9. The van der Waals surface area contributed by atoms with E-state index in [4.69, 9.17) is 18.8 Å². The van der Waals surface area contributed by atoms with Gasteiger partial charge >= 0.3 is 7.12 Å². The Hall–Kier alpha value is -2.36. The van der Waals surface area contributed by atoms with Crippen molar-refractivity contribution in [3.05, 3.63) is 54.1 Å². The van der Waals surface area contributed by atoms with E-state index in [1.807, 2.05) is 0 Å². The van der Waals surface area contributed by atoms with Gasteiger partial charge in [-0.3, -0.25) is 0 Å². The Morgan fingerprint density at radius 3 is 1.75 bits per heavy atom. The van der Waals surface area contributed by atoms with Gasteiger partial charge in [-0.05, 0) is 86.5 Å². The van der Waals surface area contributed by atoms with Crippen molar-refractivity contribution in [1.82, 2.24) is 4.57 Å². The van der Waals surface area contributed by atoms with Gasteiger partial charge in [0.15, 0.2) is 6.29 Å². The van der Waals surface area contributed by atoms with E-state index in [0.717, 1.165) is 41.7 Å². The quantitative estimate of drug-likeness (QED) is 0.153. The Bertz CT molecular complexity index is 1790. The molecule has 2 saturated heterocycles. The molecule has 0 radical (unpaired) electrons. The molecule has 51 heavy (non-hydrogen) atoms. The average Bonchev–Trinajstić information content (AvgIpc) is 3.55. The molecule has 4 aromatic rings. The maximum absolute atomic E-state index is 7.07. The first-order valence-electron chi connectivity index (χ1n) is 19.8. The highest BCUT2D eigenvalue weighted by atomic mass is 28.3. The van der Waals surface area contributed by atoms with Crippen LogP contribution in [0.2, 0.25) is 35.3 Å². The zero-order valence-electron chi connectivity index (χ0n) is 34.1. The van der Waals surface area contributed by atoms with Crippen molar-refractivity contribution in [2.75, 3.05) is 6.61 Å². The van der Waals surface area contributed by atoms with Crippen LogP contribution >= 0.6 is 0 Å². The van der Waals surface area contributed by atoms with Crippen LogP contribution in [0.3, 0.4) is 0 Å². The molecule has 0 N–H and O–H groups in total. The van der Waals surface area contributed by atoms with Gasteiger partial charge in [-0.15, -0.1) is 0 Å². The summed E-state index contributed by atoms with van der Waals surface area (Å²) >= 11 is 0. The summed E-state index contributed by atoms with van der Waals surface area (Å²) in [4.78, 5) is 0. The predicted molar refractivity (Wildman–Crippen MR) is 224 cm³/mol. The van der Waals surface area contributed by atoms with E-state index in [0.29, 0.717) is 28.8 Å². The number of ether oxygens (including phenoxy) is 2. The van der Waals surface area contributed by atoms with Crippen LogP contribution in [0.15, 0.2) is 48.5 Å². The lowest BCUT2D eigenvalue weighted by molar-refractivity contribution is -0.105. The highest BCUT2D eigenvalue weighted by molar-refractivity contribution is 6.93. The second kappa shape index (κ2) is 14.1. The Morgan fingerprint density at radius 1 is 0.784 bits per heavy atom.